The zero-order valence-corrected chi connectivity index (χ0v) is 18.2. The van der Waals surface area contributed by atoms with Gasteiger partial charge in [0.05, 0.1) is 0 Å². The zero-order chi connectivity index (χ0) is 16.5. The molecule has 1 aromatic heterocycles. The van der Waals surface area contributed by atoms with Crippen LogP contribution in [0.15, 0.2) is 4.99 Å². The normalized spacial score (nSPS) is 15.4. The Hall–Kier alpha value is -0.510. The zero-order valence-electron chi connectivity index (χ0n) is 15.0. The highest BCUT2D eigenvalue weighted by Gasteiger charge is 2.16. The lowest BCUT2D eigenvalue weighted by molar-refractivity contribution is 0.606. The molecular weight excluding hydrogens is 435 g/mol. The molecule has 2 rings (SSSR count). The topological polar surface area (TPSA) is 67.1 Å². The van der Waals surface area contributed by atoms with Crippen LogP contribution in [0, 0.1) is 6.92 Å². The van der Waals surface area contributed by atoms with Gasteiger partial charge in [-0.1, -0.05) is 12.8 Å². The Morgan fingerprint density at radius 3 is 2.67 bits per heavy atom. The molecule has 0 unspecified atom stereocenters. The Kier molecular flexibility index (Phi) is 10.7. The van der Waals surface area contributed by atoms with Crippen LogP contribution in [0.5, 0.6) is 0 Å². The van der Waals surface area contributed by atoms with Crippen molar-refractivity contribution in [1.29, 1.82) is 0 Å². The van der Waals surface area contributed by atoms with Gasteiger partial charge in [0.2, 0.25) is 0 Å². The van der Waals surface area contributed by atoms with E-state index >= 15 is 0 Å². The monoisotopic (exact) mass is 466 g/mol. The third-order valence-electron chi connectivity index (χ3n) is 4.33. The fourth-order valence-corrected chi connectivity index (χ4v) is 3.23. The molecule has 1 aliphatic carbocycles. The number of thioether (sulfide) groups is 1. The lowest BCUT2D eigenvalue weighted by Crippen LogP contribution is -2.42. The number of hydrogen-bond donors (Lipinski definition) is 2. The van der Waals surface area contributed by atoms with E-state index in [0.717, 1.165) is 24.2 Å². The van der Waals surface area contributed by atoms with Gasteiger partial charge in [0.25, 0.3) is 0 Å². The number of rotatable bonds is 8. The van der Waals surface area contributed by atoms with Crippen molar-refractivity contribution in [3.05, 3.63) is 11.6 Å². The van der Waals surface area contributed by atoms with Crippen molar-refractivity contribution in [3.8, 4) is 0 Å². The Labute approximate surface area is 167 Å². The minimum Gasteiger partial charge on any atom is -0.356 e. The number of aryl methyl sites for hydroxylation is 1. The van der Waals surface area contributed by atoms with Crippen molar-refractivity contribution in [2.75, 3.05) is 18.6 Å². The number of halogens is 1. The van der Waals surface area contributed by atoms with E-state index in [9.17, 15) is 0 Å². The standard InChI is InChI=1S/C16H30N6S.HI/c1-13-20-21-15(22(13)2)12-18-16(17-10-6-7-11-23-3)19-14-8-4-5-9-14;/h14H,4-12H2,1-3H3,(H2,17,18,19);1H. The van der Waals surface area contributed by atoms with Gasteiger partial charge < -0.3 is 15.2 Å². The number of nitrogens with one attached hydrogen (secondary N) is 2. The van der Waals surface area contributed by atoms with Gasteiger partial charge in [-0.05, 0) is 44.6 Å². The van der Waals surface area contributed by atoms with Crippen molar-refractivity contribution in [2.24, 2.45) is 12.0 Å². The predicted molar refractivity (Wildman–Crippen MR) is 113 cm³/mol. The summed E-state index contributed by atoms with van der Waals surface area (Å²) in [6.45, 7) is 3.49. The van der Waals surface area contributed by atoms with Gasteiger partial charge >= 0.3 is 0 Å². The van der Waals surface area contributed by atoms with E-state index in [1.807, 2.05) is 30.3 Å². The second kappa shape index (κ2) is 11.9. The largest absolute Gasteiger partial charge is 0.356 e. The van der Waals surface area contributed by atoms with Crippen LogP contribution in [-0.2, 0) is 13.6 Å². The maximum atomic E-state index is 4.72. The molecule has 24 heavy (non-hydrogen) atoms. The van der Waals surface area contributed by atoms with Crippen LogP contribution >= 0.6 is 35.7 Å². The molecule has 0 spiro atoms. The molecule has 1 fully saturated rings. The third-order valence-corrected chi connectivity index (χ3v) is 5.02. The lowest BCUT2D eigenvalue weighted by Gasteiger charge is -2.17. The van der Waals surface area contributed by atoms with Gasteiger partial charge in [-0.25, -0.2) is 4.99 Å². The fourth-order valence-electron chi connectivity index (χ4n) is 2.73. The summed E-state index contributed by atoms with van der Waals surface area (Å²) in [6, 6.07) is 0.564. The molecule has 1 heterocycles. The summed E-state index contributed by atoms with van der Waals surface area (Å²) in [7, 11) is 1.99. The van der Waals surface area contributed by atoms with Crippen molar-refractivity contribution in [2.45, 2.75) is 58.0 Å². The van der Waals surface area contributed by atoms with E-state index in [1.165, 1.54) is 44.3 Å². The summed E-state index contributed by atoms with van der Waals surface area (Å²) >= 11 is 1.91. The molecule has 0 bridgehead atoms. The maximum absolute atomic E-state index is 4.72. The van der Waals surface area contributed by atoms with E-state index in [1.54, 1.807) is 0 Å². The Morgan fingerprint density at radius 2 is 2.04 bits per heavy atom. The molecule has 0 amide bonds. The molecule has 1 aromatic rings. The average molecular weight is 466 g/mol. The van der Waals surface area contributed by atoms with Gasteiger partial charge in [-0.2, -0.15) is 11.8 Å². The SMILES string of the molecule is CSCCCCNC(=NCc1nnc(C)n1C)NC1CCCC1.I. The van der Waals surface area contributed by atoms with E-state index in [0.29, 0.717) is 12.6 Å². The summed E-state index contributed by atoms with van der Waals surface area (Å²) in [5.41, 5.74) is 0. The first-order chi connectivity index (χ1) is 11.2. The van der Waals surface area contributed by atoms with Gasteiger partial charge in [0.15, 0.2) is 11.8 Å². The number of nitrogens with zero attached hydrogens (tertiary/aromatic N) is 4. The molecule has 6 nitrogen and oxygen atoms in total. The molecule has 0 atom stereocenters. The van der Waals surface area contributed by atoms with Crippen molar-refractivity contribution in [3.63, 3.8) is 0 Å². The highest BCUT2D eigenvalue weighted by Crippen LogP contribution is 2.17. The van der Waals surface area contributed by atoms with Crippen LogP contribution in [0.3, 0.4) is 0 Å². The van der Waals surface area contributed by atoms with Gasteiger partial charge in [0, 0.05) is 19.6 Å². The Morgan fingerprint density at radius 1 is 1.29 bits per heavy atom. The molecule has 138 valence electrons. The lowest BCUT2D eigenvalue weighted by atomic mass is 10.2. The first-order valence-corrected chi connectivity index (χ1v) is 9.98. The molecule has 8 heteroatoms. The molecule has 0 aliphatic heterocycles. The average Bonchev–Trinajstić information content (AvgIpc) is 3.16. The van der Waals surface area contributed by atoms with Crippen LogP contribution in [0.25, 0.3) is 0 Å². The summed E-state index contributed by atoms with van der Waals surface area (Å²) in [4.78, 5) is 4.72. The smallest absolute Gasteiger partial charge is 0.191 e. The Balaban J connectivity index is 0.00000288. The highest BCUT2D eigenvalue weighted by atomic mass is 127. The molecule has 2 N–H and O–H groups in total. The van der Waals surface area contributed by atoms with E-state index in [-0.39, 0.29) is 24.0 Å². The first kappa shape index (κ1) is 21.5. The molecule has 0 radical (unpaired) electrons. The van der Waals surface area contributed by atoms with E-state index < -0.39 is 0 Å². The van der Waals surface area contributed by atoms with Crippen LogP contribution in [0.1, 0.15) is 50.2 Å². The van der Waals surface area contributed by atoms with Crippen molar-refractivity contribution in [1.82, 2.24) is 25.4 Å². The first-order valence-electron chi connectivity index (χ1n) is 8.59. The van der Waals surface area contributed by atoms with E-state index in [2.05, 4.69) is 27.1 Å². The number of unbranched alkanes of at least 4 members (excludes halogenated alkanes) is 1. The quantitative estimate of drug-likeness (QED) is 0.267. The van der Waals surface area contributed by atoms with Gasteiger partial charge in [-0.15, -0.1) is 34.2 Å². The van der Waals surface area contributed by atoms with Crippen LogP contribution in [0.2, 0.25) is 0 Å². The van der Waals surface area contributed by atoms with Crippen molar-refractivity contribution >= 4 is 41.7 Å². The summed E-state index contributed by atoms with van der Waals surface area (Å²) in [5.74, 6) is 3.97. The third kappa shape index (κ3) is 7.16. The summed E-state index contributed by atoms with van der Waals surface area (Å²) in [6.07, 6.45) is 9.71. The van der Waals surface area contributed by atoms with Crippen LogP contribution in [-0.4, -0.2) is 45.3 Å². The molecule has 0 aromatic carbocycles. The summed E-state index contributed by atoms with van der Waals surface area (Å²) < 4.78 is 2.00. The maximum Gasteiger partial charge on any atom is 0.191 e. The van der Waals surface area contributed by atoms with Crippen LogP contribution in [0.4, 0.5) is 0 Å². The highest BCUT2D eigenvalue weighted by molar-refractivity contribution is 14.0. The van der Waals surface area contributed by atoms with E-state index in [4.69, 9.17) is 4.99 Å². The summed E-state index contributed by atoms with van der Waals surface area (Å²) in [5, 5.41) is 15.3. The number of aliphatic imine (C=N–C) groups is 1. The minimum absolute atomic E-state index is 0. The second-order valence-electron chi connectivity index (χ2n) is 6.14. The number of aromatic nitrogens is 3. The second-order valence-corrected chi connectivity index (χ2v) is 7.13. The molecule has 1 saturated carbocycles. The minimum atomic E-state index is 0. The number of hydrogen-bond acceptors (Lipinski definition) is 4. The fraction of sp³-hybridized carbons (Fsp3) is 0.812. The van der Waals surface area contributed by atoms with Crippen molar-refractivity contribution < 1.29 is 0 Å². The van der Waals surface area contributed by atoms with Gasteiger partial charge in [-0.3, -0.25) is 0 Å². The van der Waals surface area contributed by atoms with Crippen LogP contribution < -0.4 is 10.6 Å². The Bertz CT molecular complexity index is 499. The number of guanidine groups is 1. The molecule has 1 aliphatic rings. The van der Waals surface area contributed by atoms with Gasteiger partial charge in [0.1, 0.15) is 12.4 Å². The molecular formula is C16H31IN6S. The molecule has 0 saturated heterocycles. The predicted octanol–water partition coefficient (Wildman–Crippen LogP) is 2.86.